The third kappa shape index (κ3) is 26.2. The molecule has 2 N–H and O–H groups in total. The minimum Gasteiger partial charge on any atom is -0.481 e. The lowest BCUT2D eigenvalue weighted by Crippen LogP contribution is -2.67. The first kappa shape index (κ1) is 66.9. The highest BCUT2D eigenvalue weighted by Gasteiger charge is 2.61. The van der Waals surface area contributed by atoms with E-state index in [0.717, 1.165) is 64.2 Å². The molecule has 0 atom stereocenters. The fraction of sp³-hybridized carbons (Fsp3) is 0.969. The lowest BCUT2D eigenvalue weighted by Gasteiger charge is -2.61. The molecular weight excluding hydrogens is 893 g/mol. The van der Waals surface area contributed by atoms with Crippen LogP contribution in [0.1, 0.15) is 345 Å². The summed E-state index contributed by atoms with van der Waals surface area (Å²) in [6.07, 6.45) is 51.4. The van der Waals surface area contributed by atoms with E-state index in [0.29, 0.717) is 26.1 Å². The number of carboxylic acid groups (broad SMARTS) is 2. The zero-order valence-electron chi connectivity index (χ0n) is 49.9. The molecule has 2 fully saturated rings. The van der Waals surface area contributed by atoms with E-state index >= 15 is 0 Å². The third-order valence-electron chi connectivity index (χ3n) is 17.5. The number of hydrogen-bond acceptors (Lipinski definition) is 6. The zero-order chi connectivity index (χ0) is 53.2. The van der Waals surface area contributed by atoms with Crippen molar-refractivity contribution < 1.29 is 29.5 Å². The maximum absolute atomic E-state index is 14.4. The van der Waals surface area contributed by atoms with E-state index in [1.807, 2.05) is 0 Å². The second kappa shape index (κ2) is 37.5. The summed E-state index contributed by atoms with van der Waals surface area (Å²) < 4.78 is 0. The molecule has 0 aromatic carbocycles. The minimum atomic E-state index is -0.899. The topological polar surface area (TPSA) is 99.5 Å². The van der Waals surface area contributed by atoms with Gasteiger partial charge in [-0.05, 0) is 119 Å². The molecule has 2 aliphatic rings. The van der Waals surface area contributed by atoms with Crippen LogP contribution in [-0.2, 0) is 19.3 Å². The highest BCUT2D eigenvalue weighted by Crippen LogP contribution is 2.59. The summed E-state index contributed by atoms with van der Waals surface area (Å²) in [5.41, 5.74) is -2.23. The van der Waals surface area contributed by atoms with Crippen LogP contribution in [0.15, 0.2) is 0 Å². The summed E-state index contributed by atoms with van der Waals surface area (Å²) >= 11 is 0. The average molecular weight is 1020 g/mol. The van der Waals surface area contributed by atoms with Gasteiger partial charge in [-0.2, -0.15) is 10.1 Å². The van der Waals surface area contributed by atoms with Crippen molar-refractivity contribution in [2.45, 2.75) is 367 Å². The third-order valence-corrected chi connectivity index (χ3v) is 17.5. The quantitative estimate of drug-likeness (QED) is 0.0582. The van der Waals surface area contributed by atoms with Gasteiger partial charge in [-0.1, -0.05) is 232 Å². The normalized spacial score (nSPS) is 18.5. The van der Waals surface area contributed by atoms with Gasteiger partial charge in [-0.15, -0.1) is 0 Å². The number of rotatable bonds is 47. The van der Waals surface area contributed by atoms with Crippen LogP contribution in [0.4, 0.5) is 0 Å². The summed E-state index contributed by atoms with van der Waals surface area (Å²) in [5, 5.41) is 25.6. The summed E-state index contributed by atoms with van der Waals surface area (Å²) in [6, 6.07) is 0. The molecule has 0 unspecified atom stereocenters. The Balaban J connectivity index is 1.97. The number of nitrogens with zero attached hydrogens (tertiary/aromatic N) is 2. The molecule has 8 heteroatoms. The first-order valence-electron chi connectivity index (χ1n) is 31.7. The second-order valence-electron chi connectivity index (χ2n) is 26.3. The van der Waals surface area contributed by atoms with Crippen LogP contribution >= 0.6 is 0 Å². The van der Waals surface area contributed by atoms with E-state index in [9.17, 15) is 19.8 Å². The lowest BCUT2D eigenvalue weighted by molar-refractivity contribution is -0.307. The maximum atomic E-state index is 14.4. The number of hydrogen-bond donors (Lipinski definition) is 2. The van der Waals surface area contributed by atoms with Crippen molar-refractivity contribution in [1.82, 2.24) is 10.1 Å². The SMILES string of the molecule is CCCCCCCCCCCCCCCCCCON1C(C)(C)CC(C(CCCCCCCC(=O)O)(C(=O)O)C2CC(C)(C)N(OCCCCCCCCCCCCCCCCCC)C(C)(C)C2)CC1(C)C. The van der Waals surface area contributed by atoms with Gasteiger partial charge in [0.2, 0.25) is 0 Å². The van der Waals surface area contributed by atoms with Gasteiger partial charge in [-0.3, -0.25) is 19.3 Å². The molecule has 0 aromatic heterocycles. The number of piperidine rings is 2. The molecular formula is C64H124N2O6. The van der Waals surface area contributed by atoms with Crippen molar-refractivity contribution in [3.8, 4) is 0 Å². The molecule has 0 aromatic rings. The Kier molecular flexibility index (Phi) is 34.9. The van der Waals surface area contributed by atoms with Crippen molar-refractivity contribution in [1.29, 1.82) is 0 Å². The molecule has 2 aliphatic heterocycles. The van der Waals surface area contributed by atoms with Gasteiger partial charge in [0, 0.05) is 28.6 Å². The van der Waals surface area contributed by atoms with Crippen molar-refractivity contribution in [2.24, 2.45) is 17.3 Å². The molecule has 8 nitrogen and oxygen atoms in total. The molecule has 0 bridgehead atoms. The van der Waals surface area contributed by atoms with E-state index in [2.05, 4.69) is 79.4 Å². The van der Waals surface area contributed by atoms with Crippen molar-refractivity contribution >= 4 is 11.9 Å². The Morgan fingerprint density at radius 2 is 0.625 bits per heavy atom. The standard InChI is InChI=1S/C64H124N2O6/c1-11-13-15-17-19-21-23-25-27-29-31-33-35-37-42-46-50-71-65-60(3,4)52-56(53-61(65,5)6)64(59(69)70,49-45-41-39-40-44-48-58(67)68)57-54-62(7,8)66(63(9,10)55-57)72-51-47-43-38-36-34-32-30-28-26-24-22-20-18-16-14-12-2/h56-57H,11-55H2,1-10H3,(H,67,68)(H,69,70). The smallest absolute Gasteiger partial charge is 0.310 e. The van der Waals surface area contributed by atoms with Crippen LogP contribution in [0.5, 0.6) is 0 Å². The largest absolute Gasteiger partial charge is 0.481 e. The second-order valence-corrected chi connectivity index (χ2v) is 26.3. The van der Waals surface area contributed by atoms with E-state index in [1.165, 1.54) is 193 Å². The summed E-state index contributed by atoms with van der Waals surface area (Å²) in [5.74, 6) is -1.41. The van der Waals surface area contributed by atoms with E-state index in [1.54, 1.807) is 0 Å². The summed E-state index contributed by atoms with van der Waals surface area (Å²) in [7, 11) is 0. The number of carbonyl (C=O) groups is 2. The van der Waals surface area contributed by atoms with Crippen LogP contribution in [-0.4, -0.2) is 67.6 Å². The Hall–Kier alpha value is -1.22. The van der Waals surface area contributed by atoms with Crippen LogP contribution in [0.25, 0.3) is 0 Å². The first-order valence-corrected chi connectivity index (χ1v) is 31.7. The molecule has 2 rings (SSSR count). The lowest BCUT2D eigenvalue weighted by atomic mass is 9.52. The first-order chi connectivity index (χ1) is 34.4. The van der Waals surface area contributed by atoms with Crippen LogP contribution in [0.2, 0.25) is 0 Å². The molecule has 0 aliphatic carbocycles. The molecule has 72 heavy (non-hydrogen) atoms. The van der Waals surface area contributed by atoms with E-state index in [-0.39, 0.29) is 40.4 Å². The molecule has 2 heterocycles. The van der Waals surface area contributed by atoms with Gasteiger partial charge in [-0.25, -0.2) is 0 Å². The Labute approximate surface area is 447 Å². The van der Waals surface area contributed by atoms with Crippen LogP contribution in [0.3, 0.4) is 0 Å². The summed E-state index contributed by atoms with van der Waals surface area (Å²) in [6.45, 7) is 24.3. The number of carboxylic acids is 2. The zero-order valence-corrected chi connectivity index (χ0v) is 49.9. The van der Waals surface area contributed by atoms with Crippen molar-refractivity contribution in [3.05, 3.63) is 0 Å². The molecule has 0 amide bonds. The molecule has 426 valence electrons. The van der Waals surface area contributed by atoms with Crippen LogP contribution in [0, 0.1) is 17.3 Å². The number of hydroxylamine groups is 4. The van der Waals surface area contributed by atoms with Crippen molar-refractivity contribution in [2.75, 3.05) is 13.2 Å². The number of aliphatic carboxylic acids is 2. The Bertz CT molecular complexity index is 1250. The predicted octanol–water partition coefficient (Wildman–Crippen LogP) is 19.8. The van der Waals surface area contributed by atoms with E-state index < -0.39 is 17.4 Å². The molecule has 2 saturated heterocycles. The molecule has 0 radical (unpaired) electrons. The van der Waals surface area contributed by atoms with Crippen LogP contribution < -0.4 is 0 Å². The van der Waals surface area contributed by atoms with Gasteiger partial charge in [0.15, 0.2) is 0 Å². The fourth-order valence-corrected chi connectivity index (χ4v) is 14.0. The average Bonchev–Trinajstić information content (AvgIpc) is 3.29. The summed E-state index contributed by atoms with van der Waals surface area (Å²) in [4.78, 5) is 39.1. The monoisotopic (exact) mass is 1020 g/mol. The van der Waals surface area contributed by atoms with Gasteiger partial charge >= 0.3 is 11.9 Å². The Morgan fingerprint density at radius 1 is 0.389 bits per heavy atom. The predicted molar refractivity (Wildman–Crippen MR) is 306 cm³/mol. The van der Waals surface area contributed by atoms with Gasteiger partial charge < -0.3 is 10.2 Å². The van der Waals surface area contributed by atoms with Gasteiger partial charge in [0.1, 0.15) is 0 Å². The molecule has 0 saturated carbocycles. The number of unbranched alkanes of at least 4 members (excludes halogenated alkanes) is 34. The highest BCUT2D eigenvalue weighted by atomic mass is 16.7. The van der Waals surface area contributed by atoms with Gasteiger partial charge in [0.25, 0.3) is 0 Å². The van der Waals surface area contributed by atoms with Crippen molar-refractivity contribution in [3.63, 3.8) is 0 Å². The maximum Gasteiger partial charge on any atom is 0.310 e. The Morgan fingerprint density at radius 3 is 0.875 bits per heavy atom. The van der Waals surface area contributed by atoms with Gasteiger partial charge in [0.05, 0.1) is 18.6 Å². The van der Waals surface area contributed by atoms with E-state index in [4.69, 9.17) is 9.68 Å². The highest BCUT2D eigenvalue weighted by molar-refractivity contribution is 5.76. The molecule has 0 spiro atoms. The minimum absolute atomic E-state index is 0.0171. The fourth-order valence-electron chi connectivity index (χ4n) is 14.0.